The van der Waals surface area contributed by atoms with Crippen molar-refractivity contribution in [3.63, 3.8) is 0 Å². The molecule has 0 spiro atoms. The van der Waals surface area contributed by atoms with Crippen molar-refractivity contribution in [3.8, 4) is 0 Å². The minimum absolute atomic E-state index is 0.322. The van der Waals surface area contributed by atoms with Crippen LogP contribution in [0.4, 0.5) is 13.2 Å². The number of nitrogens with zero attached hydrogens (tertiary/aromatic N) is 1. The normalized spacial score (nSPS) is 18.5. The van der Waals surface area contributed by atoms with Gasteiger partial charge in [0.1, 0.15) is 6.54 Å². The van der Waals surface area contributed by atoms with Gasteiger partial charge in [0, 0.05) is 13.1 Å². The van der Waals surface area contributed by atoms with Crippen LogP contribution in [0.25, 0.3) is 0 Å². The predicted octanol–water partition coefficient (Wildman–Crippen LogP) is 0.853. The highest BCUT2D eigenvalue weighted by Crippen LogP contribution is 2.23. The van der Waals surface area contributed by atoms with Gasteiger partial charge in [-0.1, -0.05) is 0 Å². The first-order chi connectivity index (χ1) is 4.99. The Morgan fingerprint density at radius 3 is 2.64 bits per heavy atom. The average molecular weight is 166 g/mol. The number of nitrogens with one attached hydrogen (secondary N) is 1. The van der Waals surface area contributed by atoms with Gasteiger partial charge in [-0.3, -0.25) is 5.01 Å². The Morgan fingerprint density at radius 1 is 1.64 bits per heavy atom. The van der Waals surface area contributed by atoms with Crippen molar-refractivity contribution in [2.75, 3.05) is 7.05 Å². The summed E-state index contributed by atoms with van der Waals surface area (Å²) in [6.07, 6.45) is -3.58. The van der Waals surface area contributed by atoms with Crippen molar-refractivity contribution >= 4 is 0 Å². The topological polar surface area (TPSA) is 24.5 Å². The summed E-state index contributed by atoms with van der Waals surface area (Å²) in [5.74, 6) is -0.322. The summed E-state index contributed by atoms with van der Waals surface area (Å²) in [6, 6.07) is 0. The molecule has 0 saturated heterocycles. The summed E-state index contributed by atoms with van der Waals surface area (Å²) in [5.41, 5.74) is 2.36. The van der Waals surface area contributed by atoms with Crippen LogP contribution in [0.1, 0.15) is 0 Å². The van der Waals surface area contributed by atoms with E-state index in [2.05, 4.69) is 16.7 Å². The summed E-state index contributed by atoms with van der Waals surface area (Å²) in [6.45, 7) is 2.33. The first kappa shape index (κ1) is 8.19. The molecule has 0 aromatic rings. The summed E-state index contributed by atoms with van der Waals surface area (Å²) in [4.78, 5) is 0. The van der Waals surface area contributed by atoms with Crippen LogP contribution in [0.2, 0.25) is 0 Å². The molecule has 3 nitrogen and oxygen atoms in total. The van der Waals surface area contributed by atoms with Gasteiger partial charge >= 0.3 is 6.36 Å². The van der Waals surface area contributed by atoms with Gasteiger partial charge in [0.15, 0.2) is 0 Å². The SMILES string of the molecule is CN1N[C]C=C1OC(F)(F)F. The molecule has 0 aromatic heterocycles. The van der Waals surface area contributed by atoms with Crippen molar-refractivity contribution in [3.05, 3.63) is 18.5 Å². The van der Waals surface area contributed by atoms with E-state index in [1.807, 2.05) is 0 Å². The minimum atomic E-state index is -4.65. The minimum Gasteiger partial charge on any atom is -0.389 e. The lowest BCUT2D eigenvalue weighted by atomic mass is 10.6. The zero-order valence-electron chi connectivity index (χ0n) is 5.57. The maximum absolute atomic E-state index is 11.5. The Morgan fingerprint density at radius 2 is 2.27 bits per heavy atom. The monoisotopic (exact) mass is 166 g/mol. The highest BCUT2D eigenvalue weighted by atomic mass is 19.4. The highest BCUT2D eigenvalue weighted by Gasteiger charge is 2.34. The average Bonchev–Trinajstić information content (AvgIpc) is 2.12. The molecule has 0 unspecified atom stereocenters. The lowest BCUT2D eigenvalue weighted by molar-refractivity contribution is -0.313. The Labute approximate surface area is 61.4 Å². The fourth-order valence-electron chi connectivity index (χ4n) is 0.559. The molecule has 1 heterocycles. The molecule has 1 aliphatic heterocycles. The van der Waals surface area contributed by atoms with E-state index in [1.165, 1.54) is 7.05 Å². The third kappa shape index (κ3) is 2.30. The number of halogens is 3. The van der Waals surface area contributed by atoms with Crippen LogP contribution >= 0.6 is 0 Å². The van der Waals surface area contributed by atoms with Gasteiger partial charge in [-0.15, -0.1) is 13.2 Å². The molecule has 0 aliphatic carbocycles. The van der Waals surface area contributed by atoms with Crippen LogP contribution in [-0.2, 0) is 4.74 Å². The van der Waals surface area contributed by atoms with Crippen LogP contribution < -0.4 is 5.43 Å². The highest BCUT2D eigenvalue weighted by molar-refractivity contribution is 5.05. The Kier molecular flexibility index (Phi) is 1.95. The molecule has 1 N–H and O–H groups in total. The van der Waals surface area contributed by atoms with E-state index in [1.54, 1.807) is 0 Å². The predicted molar refractivity (Wildman–Crippen MR) is 29.4 cm³/mol. The summed E-state index contributed by atoms with van der Waals surface area (Å²) in [7, 11) is 1.39. The third-order valence-corrected chi connectivity index (χ3v) is 0.979. The van der Waals surface area contributed by atoms with Crippen molar-refractivity contribution in [2.24, 2.45) is 0 Å². The summed E-state index contributed by atoms with van der Waals surface area (Å²) < 4.78 is 38.2. The lowest BCUT2D eigenvalue weighted by Crippen LogP contribution is -2.29. The Bertz CT molecular complexity index is 177. The van der Waals surface area contributed by atoms with Crippen LogP contribution in [0, 0.1) is 6.54 Å². The Balaban J connectivity index is 2.49. The number of hydrogen-bond donors (Lipinski definition) is 1. The molecule has 62 valence electrons. The molecule has 0 bridgehead atoms. The fraction of sp³-hybridized carbons (Fsp3) is 0.400. The molecule has 1 aliphatic rings. The van der Waals surface area contributed by atoms with E-state index < -0.39 is 6.36 Å². The van der Waals surface area contributed by atoms with Crippen LogP contribution in [0.3, 0.4) is 0 Å². The molecule has 11 heavy (non-hydrogen) atoms. The quantitative estimate of drug-likeness (QED) is 0.625. The van der Waals surface area contributed by atoms with Gasteiger partial charge in [-0.25, -0.2) is 5.43 Å². The third-order valence-electron chi connectivity index (χ3n) is 0.979. The molecular formula is C5H5F3N2O. The molecular weight excluding hydrogens is 161 g/mol. The van der Waals surface area contributed by atoms with Gasteiger partial charge in [-0.2, -0.15) is 0 Å². The molecule has 1 rings (SSSR count). The second-order valence-corrected chi connectivity index (χ2v) is 1.85. The van der Waals surface area contributed by atoms with Crippen LogP contribution in [0.5, 0.6) is 0 Å². The zero-order valence-corrected chi connectivity index (χ0v) is 5.57. The smallest absolute Gasteiger partial charge is 0.389 e. The second kappa shape index (κ2) is 2.61. The first-order valence-electron chi connectivity index (χ1n) is 2.70. The van der Waals surface area contributed by atoms with Gasteiger partial charge in [0.2, 0.25) is 5.88 Å². The standard InChI is InChI=1S/C5H5F3N2O/c1-10-4(2-3-9-10)11-5(6,7)8/h2,9H,1H3. The van der Waals surface area contributed by atoms with Crippen molar-refractivity contribution in [1.82, 2.24) is 10.4 Å². The summed E-state index contributed by atoms with van der Waals surface area (Å²) in [5, 5.41) is 1.06. The molecule has 6 heteroatoms. The van der Waals surface area contributed by atoms with Crippen molar-refractivity contribution in [1.29, 1.82) is 0 Å². The molecule has 0 aromatic carbocycles. The molecule has 0 atom stereocenters. The van der Waals surface area contributed by atoms with Crippen molar-refractivity contribution in [2.45, 2.75) is 6.36 Å². The van der Waals surface area contributed by atoms with Crippen LogP contribution in [0.15, 0.2) is 12.0 Å². The molecule has 0 saturated carbocycles. The van der Waals surface area contributed by atoms with E-state index >= 15 is 0 Å². The van der Waals surface area contributed by atoms with Crippen molar-refractivity contribution < 1.29 is 17.9 Å². The van der Waals surface area contributed by atoms with Gasteiger partial charge in [0.25, 0.3) is 0 Å². The number of hydrogen-bond acceptors (Lipinski definition) is 3. The number of rotatable bonds is 1. The van der Waals surface area contributed by atoms with E-state index in [9.17, 15) is 13.2 Å². The first-order valence-corrected chi connectivity index (χ1v) is 2.70. The van der Waals surface area contributed by atoms with E-state index in [-0.39, 0.29) is 5.88 Å². The molecule has 2 radical (unpaired) electrons. The zero-order chi connectivity index (χ0) is 8.48. The van der Waals surface area contributed by atoms with Gasteiger partial charge < -0.3 is 4.74 Å². The number of ether oxygens (including phenoxy) is 1. The lowest BCUT2D eigenvalue weighted by Gasteiger charge is -2.17. The fourth-order valence-corrected chi connectivity index (χ4v) is 0.559. The van der Waals surface area contributed by atoms with Gasteiger partial charge in [-0.05, 0) is 0 Å². The molecule has 0 fully saturated rings. The van der Waals surface area contributed by atoms with Gasteiger partial charge in [0.05, 0.1) is 0 Å². The van der Waals surface area contributed by atoms with E-state index in [0.29, 0.717) is 0 Å². The molecule has 0 amide bonds. The van der Waals surface area contributed by atoms with Crippen LogP contribution in [-0.4, -0.2) is 18.4 Å². The van der Waals surface area contributed by atoms with E-state index in [0.717, 1.165) is 11.1 Å². The second-order valence-electron chi connectivity index (χ2n) is 1.85. The maximum Gasteiger partial charge on any atom is 0.574 e. The van der Waals surface area contributed by atoms with E-state index in [4.69, 9.17) is 0 Å². The largest absolute Gasteiger partial charge is 0.574 e. The Hall–Kier alpha value is -0.910. The maximum atomic E-state index is 11.5. The summed E-state index contributed by atoms with van der Waals surface area (Å²) >= 11 is 0. The number of hydrazine groups is 1. The number of alkyl halides is 3.